The summed E-state index contributed by atoms with van der Waals surface area (Å²) in [5.74, 6) is 1.29. The van der Waals surface area contributed by atoms with Crippen molar-refractivity contribution < 1.29 is 22.7 Å². The van der Waals surface area contributed by atoms with Crippen LogP contribution >= 0.6 is 0 Å². The van der Waals surface area contributed by atoms with Crippen LogP contribution in [0.3, 0.4) is 0 Å². The summed E-state index contributed by atoms with van der Waals surface area (Å²) >= 11 is 0. The molecule has 0 saturated carbocycles. The monoisotopic (exact) mass is 462 g/mol. The molecule has 32 heavy (non-hydrogen) atoms. The number of ether oxygens (including phenoxy) is 2. The van der Waals surface area contributed by atoms with Crippen LogP contribution < -0.4 is 19.1 Å². The molecular formula is C24H34N2O5S. The van der Waals surface area contributed by atoms with Crippen LogP contribution in [-0.2, 0) is 14.8 Å². The molecule has 0 unspecified atom stereocenters. The van der Waals surface area contributed by atoms with E-state index in [0.29, 0.717) is 31.1 Å². The van der Waals surface area contributed by atoms with Crippen LogP contribution in [-0.4, -0.2) is 47.4 Å². The largest absolute Gasteiger partial charge is 0.493 e. The number of amides is 1. The van der Waals surface area contributed by atoms with Crippen LogP contribution in [0.2, 0.25) is 0 Å². The van der Waals surface area contributed by atoms with Crippen molar-refractivity contribution in [3.8, 4) is 11.5 Å². The number of benzene rings is 2. The third-order valence-electron chi connectivity index (χ3n) is 5.06. The van der Waals surface area contributed by atoms with Gasteiger partial charge in [-0.3, -0.25) is 9.10 Å². The van der Waals surface area contributed by atoms with Crippen LogP contribution in [0.5, 0.6) is 11.5 Å². The minimum Gasteiger partial charge on any atom is -0.493 e. The highest BCUT2D eigenvalue weighted by Gasteiger charge is 2.23. The second-order valence-electron chi connectivity index (χ2n) is 7.96. The first-order chi connectivity index (χ1) is 15.1. The first kappa shape index (κ1) is 25.5. The van der Waals surface area contributed by atoms with Crippen molar-refractivity contribution >= 4 is 21.6 Å². The highest BCUT2D eigenvalue weighted by molar-refractivity contribution is 7.92. The van der Waals surface area contributed by atoms with E-state index >= 15 is 0 Å². The van der Waals surface area contributed by atoms with Crippen molar-refractivity contribution in [3.63, 3.8) is 0 Å². The van der Waals surface area contributed by atoms with Gasteiger partial charge in [0.15, 0.2) is 11.5 Å². The summed E-state index contributed by atoms with van der Waals surface area (Å²) < 4.78 is 37.4. The van der Waals surface area contributed by atoms with E-state index in [9.17, 15) is 13.2 Å². The average Bonchev–Trinajstić information content (AvgIpc) is 2.74. The Morgan fingerprint density at radius 1 is 1.09 bits per heavy atom. The first-order valence-electron chi connectivity index (χ1n) is 10.7. The van der Waals surface area contributed by atoms with Crippen LogP contribution in [0, 0.1) is 6.92 Å². The van der Waals surface area contributed by atoms with E-state index in [1.807, 2.05) is 51.1 Å². The number of carbonyl (C=O) groups excluding carboxylic acids is 1. The Morgan fingerprint density at radius 2 is 1.78 bits per heavy atom. The minimum absolute atomic E-state index is 0.143. The Kier molecular flexibility index (Phi) is 9.38. The fraction of sp³-hybridized carbons (Fsp3) is 0.458. The Morgan fingerprint density at radius 3 is 2.41 bits per heavy atom. The number of anilines is 1. The predicted molar refractivity (Wildman–Crippen MR) is 128 cm³/mol. The number of methoxy groups -OCH3 is 1. The van der Waals surface area contributed by atoms with Gasteiger partial charge in [-0.05, 0) is 42.5 Å². The number of aryl methyl sites for hydroxylation is 1. The number of sulfonamides is 1. The molecule has 0 saturated heterocycles. The standard InChI is InChI=1S/C24H34N2O5S/c1-18(2)20-11-8-10-19(3)24(20)26(32(5,28)29)16-9-14-23(27)25-15-17-31-22-13-7-6-12-21(22)30-4/h6-8,10-13,18H,9,14-17H2,1-5H3,(H,25,27). The van der Waals surface area contributed by atoms with Crippen molar-refractivity contribution in [2.75, 3.05) is 37.4 Å². The molecule has 1 amide bonds. The summed E-state index contributed by atoms with van der Waals surface area (Å²) in [4.78, 5) is 12.2. The minimum atomic E-state index is -3.48. The number of hydrogen-bond donors (Lipinski definition) is 1. The lowest BCUT2D eigenvalue weighted by Crippen LogP contribution is -2.34. The fourth-order valence-electron chi connectivity index (χ4n) is 3.49. The predicted octanol–water partition coefficient (Wildman–Crippen LogP) is 3.87. The zero-order valence-electron chi connectivity index (χ0n) is 19.6. The van der Waals surface area contributed by atoms with Gasteiger partial charge in [-0.15, -0.1) is 0 Å². The van der Waals surface area contributed by atoms with Gasteiger partial charge in [0, 0.05) is 13.0 Å². The van der Waals surface area contributed by atoms with E-state index in [-0.39, 0.29) is 24.8 Å². The highest BCUT2D eigenvalue weighted by Crippen LogP contribution is 2.32. The van der Waals surface area contributed by atoms with Gasteiger partial charge in [0.2, 0.25) is 15.9 Å². The lowest BCUT2D eigenvalue weighted by atomic mass is 9.98. The number of nitrogens with one attached hydrogen (secondary N) is 1. The molecule has 0 aliphatic carbocycles. The summed E-state index contributed by atoms with van der Waals surface area (Å²) in [6, 6.07) is 13.1. The normalized spacial score (nSPS) is 11.3. The molecule has 0 aromatic heterocycles. The van der Waals surface area contributed by atoms with E-state index in [0.717, 1.165) is 16.8 Å². The second-order valence-corrected chi connectivity index (χ2v) is 9.86. The molecule has 2 aromatic rings. The summed E-state index contributed by atoms with van der Waals surface area (Å²) in [7, 11) is -1.91. The third-order valence-corrected chi connectivity index (χ3v) is 6.22. The summed E-state index contributed by atoms with van der Waals surface area (Å²) in [5.41, 5.74) is 2.60. The van der Waals surface area contributed by atoms with Gasteiger partial charge in [0.05, 0.1) is 25.6 Å². The Labute approximate surface area is 191 Å². The molecule has 0 aliphatic rings. The van der Waals surface area contributed by atoms with Gasteiger partial charge in [-0.1, -0.05) is 44.2 Å². The van der Waals surface area contributed by atoms with Gasteiger partial charge >= 0.3 is 0 Å². The van der Waals surface area contributed by atoms with E-state index in [1.54, 1.807) is 19.2 Å². The van der Waals surface area contributed by atoms with Gasteiger partial charge in [0.1, 0.15) is 6.61 Å². The zero-order chi connectivity index (χ0) is 23.7. The van der Waals surface area contributed by atoms with Crippen LogP contribution in [0.25, 0.3) is 0 Å². The molecule has 0 bridgehead atoms. The number of rotatable bonds is 12. The molecule has 0 aliphatic heterocycles. The van der Waals surface area contributed by atoms with E-state index in [2.05, 4.69) is 5.32 Å². The molecule has 176 valence electrons. The molecule has 7 nitrogen and oxygen atoms in total. The SMILES string of the molecule is COc1ccccc1OCCNC(=O)CCCN(c1c(C)cccc1C(C)C)S(C)(=O)=O. The molecule has 0 spiro atoms. The fourth-order valence-corrected chi connectivity index (χ4v) is 4.53. The molecule has 0 fully saturated rings. The molecule has 1 N–H and O–H groups in total. The van der Waals surface area contributed by atoms with Gasteiger partial charge < -0.3 is 14.8 Å². The van der Waals surface area contributed by atoms with Crippen molar-refractivity contribution in [2.45, 2.75) is 39.5 Å². The van der Waals surface area contributed by atoms with Crippen LogP contribution in [0.1, 0.15) is 43.7 Å². The van der Waals surface area contributed by atoms with Crippen LogP contribution in [0.15, 0.2) is 42.5 Å². The van der Waals surface area contributed by atoms with E-state index < -0.39 is 10.0 Å². The maximum atomic E-state index is 12.5. The molecule has 0 heterocycles. The maximum absolute atomic E-state index is 12.5. The summed E-state index contributed by atoms with van der Waals surface area (Å²) in [5, 5.41) is 2.81. The maximum Gasteiger partial charge on any atom is 0.232 e. The average molecular weight is 463 g/mol. The van der Waals surface area contributed by atoms with Crippen molar-refractivity contribution in [1.29, 1.82) is 0 Å². The molecule has 2 rings (SSSR count). The van der Waals surface area contributed by atoms with Gasteiger partial charge in [-0.25, -0.2) is 8.42 Å². The van der Waals surface area contributed by atoms with Crippen molar-refractivity contribution in [2.24, 2.45) is 0 Å². The second kappa shape index (κ2) is 11.8. The Hall–Kier alpha value is -2.74. The van der Waals surface area contributed by atoms with E-state index in [1.165, 1.54) is 10.6 Å². The summed E-state index contributed by atoms with van der Waals surface area (Å²) in [6.07, 6.45) is 1.85. The summed E-state index contributed by atoms with van der Waals surface area (Å²) in [6.45, 7) is 6.89. The molecule has 8 heteroatoms. The lowest BCUT2D eigenvalue weighted by Gasteiger charge is -2.28. The third kappa shape index (κ3) is 7.15. The first-order valence-corrected chi connectivity index (χ1v) is 12.6. The molecule has 0 atom stereocenters. The van der Waals surface area contributed by atoms with Gasteiger partial charge in [0.25, 0.3) is 0 Å². The Balaban J connectivity index is 1.89. The number of hydrogen-bond acceptors (Lipinski definition) is 5. The quantitative estimate of drug-likeness (QED) is 0.484. The molecule has 2 aromatic carbocycles. The lowest BCUT2D eigenvalue weighted by molar-refractivity contribution is -0.121. The molecular weight excluding hydrogens is 428 g/mol. The van der Waals surface area contributed by atoms with Gasteiger partial charge in [-0.2, -0.15) is 0 Å². The number of carbonyl (C=O) groups is 1. The number of para-hydroxylation sites is 3. The van der Waals surface area contributed by atoms with E-state index in [4.69, 9.17) is 9.47 Å². The van der Waals surface area contributed by atoms with Crippen LogP contribution in [0.4, 0.5) is 5.69 Å². The molecule has 0 radical (unpaired) electrons. The smallest absolute Gasteiger partial charge is 0.232 e. The Bertz CT molecular complexity index is 1010. The van der Waals surface area contributed by atoms with Crippen molar-refractivity contribution in [1.82, 2.24) is 5.32 Å². The van der Waals surface area contributed by atoms with Crippen molar-refractivity contribution in [3.05, 3.63) is 53.6 Å². The highest BCUT2D eigenvalue weighted by atomic mass is 32.2. The topological polar surface area (TPSA) is 84.9 Å². The zero-order valence-corrected chi connectivity index (χ0v) is 20.4. The number of nitrogens with zero attached hydrogens (tertiary/aromatic N) is 1.